The lowest BCUT2D eigenvalue weighted by molar-refractivity contribution is 0.414. The summed E-state index contributed by atoms with van der Waals surface area (Å²) in [5.41, 5.74) is 5.28. The Bertz CT molecular complexity index is 514. The summed E-state index contributed by atoms with van der Waals surface area (Å²) in [7, 11) is 1.69. The summed E-state index contributed by atoms with van der Waals surface area (Å²) in [6.07, 6.45) is 4.51. The zero-order chi connectivity index (χ0) is 11.7. The molecule has 0 bridgehead atoms. The van der Waals surface area contributed by atoms with Crippen molar-refractivity contribution in [2.75, 3.05) is 7.11 Å². The maximum Gasteiger partial charge on any atom is 0.118 e. The van der Waals surface area contributed by atoms with Crippen LogP contribution in [-0.4, -0.2) is 17.3 Å². The minimum absolute atomic E-state index is 0.904. The van der Waals surface area contributed by atoms with Gasteiger partial charge in [0.25, 0.3) is 0 Å². The van der Waals surface area contributed by atoms with Crippen molar-refractivity contribution in [3.05, 3.63) is 46.8 Å². The van der Waals surface area contributed by atoms with E-state index in [-0.39, 0.29) is 0 Å². The van der Waals surface area contributed by atoms with Crippen molar-refractivity contribution in [3.63, 3.8) is 0 Å². The molecule has 2 aromatic rings. The molecular formula is C14H16N2O. The molecule has 3 heteroatoms. The molecule has 0 atom stereocenters. The monoisotopic (exact) mass is 228 g/mol. The Morgan fingerprint density at radius 3 is 2.82 bits per heavy atom. The summed E-state index contributed by atoms with van der Waals surface area (Å²) in [6, 6.07) is 8.22. The van der Waals surface area contributed by atoms with E-state index in [1.54, 1.807) is 7.11 Å². The Balaban J connectivity index is 1.81. The van der Waals surface area contributed by atoms with E-state index in [2.05, 4.69) is 22.3 Å². The SMILES string of the molecule is COc1ccc(Cc2n[nH]c3c2CCC3)cc1. The molecule has 0 saturated carbocycles. The van der Waals surface area contributed by atoms with Gasteiger partial charge in [0.05, 0.1) is 12.8 Å². The molecule has 3 rings (SSSR count). The van der Waals surface area contributed by atoms with Gasteiger partial charge in [-0.25, -0.2) is 0 Å². The van der Waals surface area contributed by atoms with E-state index in [0.29, 0.717) is 0 Å². The molecule has 1 N–H and O–H groups in total. The highest BCUT2D eigenvalue weighted by Crippen LogP contribution is 2.24. The second-order valence-electron chi connectivity index (χ2n) is 4.51. The first-order chi connectivity index (χ1) is 8.36. The molecule has 3 nitrogen and oxygen atoms in total. The van der Waals surface area contributed by atoms with Crippen molar-refractivity contribution in [1.82, 2.24) is 10.2 Å². The average molecular weight is 228 g/mol. The van der Waals surface area contributed by atoms with Gasteiger partial charge in [0, 0.05) is 12.1 Å². The van der Waals surface area contributed by atoms with Crippen LogP contribution in [0.5, 0.6) is 5.75 Å². The molecule has 0 radical (unpaired) electrons. The normalized spacial score (nSPS) is 13.7. The minimum atomic E-state index is 0.904. The standard InChI is InChI=1S/C14H16N2O/c1-17-11-7-5-10(6-8-11)9-14-12-3-2-4-13(12)15-16-14/h5-8H,2-4,9H2,1H3,(H,15,16). The smallest absolute Gasteiger partial charge is 0.118 e. The van der Waals surface area contributed by atoms with Gasteiger partial charge in [-0.05, 0) is 42.5 Å². The number of aromatic amines is 1. The second kappa shape index (κ2) is 4.24. The first-order valence-corrected chi connectivity index (χ1v) is 6.05. The number of rotatable bonds is 3. The van der Waals surface area contributed by atoms with Crippen molar-refractivity contribution in [3.8, 4) is 5.75 Å². The highest BCUT2D eigenvalue weighted by molar-refractivity contribution is 5.35. The molecular weight excluding hydrogens is 212 g/mol. The van der Waals surface area contributed by atoms with Crippen LogP contribution in [0.3, 0.4) is 0 Å². The van der Waals surface area contributed by atoms with Gasteiger partial charge >= 0.3 is 0 Å². The minimum Gasteiger partial charge on any atom is -0.497 e. The molecule has 1 aliphatic rings. The van der Waals surface area contributed by atoms with Crippen molar-refractivity contribution in [2.45, 2.75) is 25.7 Å². The number of aromatic nitrogens is 2. The van der Waals surface area contributed by atoms with Crippen LogP contribution in [0, 0.1) is 0 Å². The van der Waals surface area contributed by atoms with Gasteiger partial charge in [-0.3, -0.25) is 5.10 Å². The molecule has 1 aromatic carbocycles. The van der Waals surface area contributed by atoms with Gasteiger partial charge in [-0.2, -0.15) is 5.10 Å². The Kier molecular flexibility index (Phi) is 2.59. The van der Waals surface area contributed by atoms with Crippen LogP contribution in [-0.2, 0) is 19.3 Å². The third-order valence-electron chi connectivity index (χ3n) is 3.42. The summed E-state index contributed by atoms with van der Waals surface area (Å²) >= 11 is 0. The largest absolute Gasteiger partial charge is 0.497 e. The first kappa shape index (κ1) is 10.4. The quantitative estimate of drug-likeness (QED) is 0.876. The van der Waals surface area contributed by atoms with E-state index in [1.165, 1.54) is 35.4 Å². The Morgan fingerprint density at radius 2 is 2.06 bits per heavy atom. The zero-order valence-corrected chi connectivity index (χ0v) is 9.99. The summed E-state index contributed by atoms with van der Waals surface area (Å²) in [6.45, 7) is 0. The lowest BCUT2D eigenvalue weighted by atomic mass is 10.1. The molecule has 88 valence electrons. The van der Waals surface area contributed by atoms with Gasteiger partial charge in [0.1, 0.15) is 5.75 Å². The number of hydrogen-bond donors (Lipinski definition) is 1. The summed E-state index contributed by atoms with van der Waals surface area (Å²) in [5.74, 6) is 0.904. The number of hydrogen-bond acceptors (Lipinski definition) is 2. The molecule has 1 aromatic heterocycles. The lowest BCUT2D eigenvalue weighted by Gasteiger charge is -2.03. The van der Waals surface area contributed by atoms with Gasteiger partial charge in [0.2, 0.25) is 0 Å². The predicted octanol–water partition coefficient (Wildman–Crippen LogP) is 2.50. The van der Waals surface area contributed by atoms with Gasteiger partial charge < -0.3 is 4.74 Å². The molecule has 1 aliphatic carbocycles. The second-order valence-corrected chi connectivity index (χ2v) is 4.51. The number of nitrogens with zero attached hydrogens (tertiary/aromatic N) is 1. The number of fused-ring (bicyclic) bond motifs is 1. The zero-order valence-electron chi connectivity index (χ0n) is 9.99. The van der Waals surface area contributed by atoms with Gasteiger partial charge in [-0.1, -0.05) is 12.1 Å². The summed E-state index contributed by atoms with van der Waals surface area (Å²) in [5, 5.41) is 7.57. The van der Waals surface area contributed by atoms with E-state index in [1.807, 2.05) is 12.1 Å². The third-order valence-corrected chi connectivity index (χ3v) is 3.42. The highest BCUT2D eigenvalue weighted by Gasteiger charge is 2.18. The van der Waals surface area contributed by atoms with Crippen molar-refractivity contribution in [2.24, 2.45) is 0 Å². The van der Waals surface area contributed by atoms with E-state index in [9.17, 15) is 0 Å². The maximum absolute atomic E-state index is 5.16. The topological polar surface area (TPSA) is 37.9 Å². The Labute approximate surface area is 101 Å². The Hall–Kier alpha value is -1.77. The number of H-pyrrole nitrogens is 1. The van der Waals surface area contributed by atoms with E-state index in [0.717, 1.165) is 18.6 Å². The summed E-state index contributed by atoms with van der Waals surface area (Å²) in [4.78, 5) is 0. The highest BCUT2D eigenvalue weighted by atomic mass is 16.5. The third kappa shape index (κ3) is 1.93. The molecule has 1 heterocycles. The van der Waals surface area contributed by atoms with Crippen molar-refractivity contribution < 1.29 is 4.74 Å². The maximum atomic E-state index is 5.16. The molecule has 0 saturated heterocycles. The van der Waals surface area contributed by atoms with Crippen LogP contribution in [0.25, 0.3) is 0 Å². The number of methoxy groups -OCH3 is 1. The first-order valence-electron chi connectivity index (χ1n) is 6.05. The fraction of sp³-hybridized carbons (Fsp3) is 0.357. The molecule has 0 aliphatic heterocycles. The molecule has 0 amide bonds. The number of aryl methyl sites for hydroxylation is 1. The van der Waals surface area contributed by atoms with Gasteiger partial charge in [0.15, 0.2) is 0 Å². The predicted molar refractivity (Wildman–Crippen MR) is 66.4 cm³/mol. The average Bonchev–Trinajstić information content (AvgIpc) is 2.95. The van der Waals surface area contributed by atoms with Crippen LogP contribution in [0.2, 0.25) is 0 Å². The number of benzene rings is 1. The van der Waals surface area contributed by atoms with Crippen LogP contribution >= 0.6 is 0 Å². The summed E-state index contributed by atoms with van der Waals surface area (Å²) < 4.78 is 5.16. The lowest BCUT2D eigenvalue weighted by Crippen LogP contribution is -1.93. The van der Waals surface area contributed by atoms with E-state index < -0.39 is 0 Å². The molecule has 17 heavy (non-hydrogen) atoms. The van der Waals surface area contributed by atoms with Crippen LogP contribution in [0.15, 0.2) is 24.3 Å². The Morgan fingerprint density at radius 1 is 1.24 bits per heavy atom. The van der Waals surface area contributed by atoms with Crippen molar-refractivity contribution >= 4 is 0 Å². The van der Waals surface area contributed by atoms with E-state index >= 15 is 0 Å². The molecule has 0 fully saturated rings. The van der Waals surface area contributed by atoms with Crippen LogP contribution < -0.4 is 4.74 Å². The van der Waals surface area contributed by atoms with Crippen molar-refractivity contribution in [1.29, 1.82) is 0 Å². The van der Waals surface area contributed by atoms with Gasteiger partial charge in [-0.15, -0.1) is 0 Å². The fourth-order valence-corrected chi connectivity index (χ4v) is 2.47. The van der Waals surface area contributed by atoms with Crippen LogP contribution in [0.1, 0.15) is 28.9 Å². The number of nitrogens with one attached hydrogen (secondary N) is 1. The number of ether oxygens (including phenoxy) is 1. The van der Waals surface area contributed by atoms with E-state index in [4.69, 9.17) is 4.74 Å². The van der Waals surface area contributed by atoms with Crippen LogP contribution in [0.4, 0.5) is 0 Å². The molecule has 0 spiro atoms. The molecule has 0 unspecified atom stereocenters. The fourth-order valence-electron chi connectivity index (χ4n) is 2.47.